The molecule has 29 heavy (non-hydrogen) atoms. The van der Waals surface area contributed by atoms with Crippen LogP contribution in [-0.4, -0.2) is 61.3 Å². The number of benzene rings is 1. The molecule has 0 aromatic heterocycles. The Kier molecular flexibility index (Phi) is 6.36. The lowest BCUT2D eigenvalue weighted by atomic mass is 9.72. The Morgan fingerprint density at radius 3 is 2.55 bits per heavy atom. The molecule has 1 aliphatic carbocycles. The molecule has 0 bridgehead atoms. The minimum atomic E-state index is -0.656. The molecule has 0 radical (unpaired) electrons. The molecule has 3 unspecified atom stereocenters. The van der Waals surface area contributed by atoms with Crippen molar-refractivity contribution in [1.29, 1.82) is 0 Å². The maximum Gasteiger partial charge on any atom is 0.311 e. The summed E-state index contributed by atoms with van der Waals surface area (Å²) in [6, 6.07) is 5.81. The third-order valence-corrected chi connectivity index (χ3v) is 6.58. The van der Waals surface area contributed by atoms with E-state index in [2.05, 4.69) is 5.32 Å². The number of nitrogens with zero attached hydrogens (tertiary/aromatic N) is 1. The highest BCUT2D eigenvalue weighted by atomic mass is 16.5. The molecule has 7 heteroatoms. The van der Waals surface area contributed by atoms with Gasteiger partial charge in [-0.2, -0.15) is 0 Å². The Morgan fingerprint density at radius 1 is 1.28 bits per heavy atom. The number of methoxy groups -OCH3 is 1. The van der Waals surface area contributed by atoms with Gasteiger partial charge in [-0.05, 0) is 50.3 Å². The average Bonchev–Trinajstić information content (AvgIpc) is 3.35. The van der Waals surface area contributed by atoms with E-state index in [0.29, 0.717) is 24.6 Å². The van der Waals surface area contributed by atoms with Gasteiger partial charge in [0.2, 0.25) is 0 Å². The van der Waals surface area contributed by atoms with E-state index in [9.17, 15) is 14.7 Å². The first-order valence-electron chi connectivity index (χ1n) is 10.3. The number of rotatable bonds is 5. The molecular formula is C22H32N2O5. The Hall–Kier alpha value is -2.28. The van der Waals surface area contributed by atoms with Gasteiger partial charge in [0, 0.05) is 31.5 Å². The Balaban J connectivity index is 1.91. The number of hydrogen-bond donors (Lipinski definition) is 2. The van der Waals surface area contributed by atoms with E-state index >= 15 is 0 Å². The largest absolute Gasteiger partial charge is 0.493 e. The van der Waals surface area contributed by atoms with Crippen LogP contribution in [0.4, 0.5) is 0 Å². The van der Waals surface area contributed by atoms with Crippen LogP contribution < -0.4 is 14.8 Å². The van der Waals surface area contributed by atoms with E-state index < -0.39 is 23.3 Å². The molecule has 1 aromatic rings. The first-order valence-corrected chi connectivity index (χ1v) is 10.3. The number of aliphatic hydroxyl groups excluding tert-OH is 1. The predicted octanol–water partition coefficient (Wildman–Crippen LogP) is 2.08. The molecule has 0 spiro atoms. The van der Waals surface area contributed by atoms with Gasteiger partial charge in [-0.15, -0.1) is 0 Å². The van der Waals surface area contributed by atoms with Gasteiger partial charge in [0.05, 0.1) is 19.3 Å². The topological polar surface area (TPSA) is 88.1 Å². The minimum Gasteiger partial charge on any atom is -0.493 e. The molecule has 160 valence electrons. The Labute approximate surface area is 172 Å². The zero-order valence-corrected chi connectivity index (χ0v) is 17.7. The lowest BCUT2D eigenvalue weighted by Gasteiger charge is -2.34. The second-order valence-corrected chi connectivity index (χ2v) is 8.43. The number of carbonyl (C=O) groups is 2. The summed E-state index contributed by atoms with van der Waals surface area (Å²) in [7, 11) is 3.06. The van der Waals surface area contributed by atoms with Crippen LogP contribution in [0, 0.1) is 5.41 Å². The molecular weight excluding hydrogens is 372 g/mol. The van der Waals surface area contributed by atoms with Crippen molar-refractivity contribution in [3.8, 4) is 11.5 Å². The van der Waals surface area contributed by atoms with Crippen molar-refractivity contribution in [2.24, 2.45) is 5.41 Å². The summed E-state index contributed by atoms with van der Waals surface area (Å²) in [5.41, 5.74) is 0.387. The fourth-order valence-electron chi connectivity index (χ4n) is 4.52. The quantitative estimate of drug-likeness (QED) is 0.734. The van der Waals surface area contributed by atoms with Crippen LogP contribution in [0.15, 0.2) is 18.2 Å². The number of ether oxygens (including phenoxy) is 2. The number of amides is 2. The zero-order valence-electron chi connectivity index (χ0n) is 17.7. The molecule has 1 heterocycles. The molecule has 2 amide bonds. The molecule has 2 N–H and O–H groups in total. The third-order valence-electron chi connectivity index (χ3n) is 6.58. The van der Waals surface area contributed by atoms with Crippen LogP contribution in [0.5, 0.6) is 11.5 Å². The van der Waals surface area contributed by atoms with Gasteiger partial charge in [-0.25, -0.2) is 0 Å². The number of nitrogens with one attached hydrogen (secondary N) is 1. The fraction of sp³-hybridized carbons (Fsp3) is 0.636. The van der Waals surface area contributed by atoms with E-state index in [1.54, 1.807) is 14.0 Å². The highest BCUT2D eigenvalue weighted by Crippen LogP contribution is 2.47. The fourth-order valence-corrected chi connectivity index (χ4v) is 4.52. The summed E-state index contributed by atoms with van der Waals surface area (Å²) in [6.45, 7) is 4.37. The smallest absolute Gasteiger partial charge is 0.311 e. The highest BCUT2D eigenvalue weighted by molar-refractivity contribution is 6.35. The van der Waals surface area contributed by atoms with Gasteiger partial charge in [0.15, 0.2) is 11.5 Å². The molecule has 1 aromatic carbocycles. The van der Waals surface area contributed by atoms with Gasteiger partial charge in [0.25, 0.3) is 0 Å². The molecule has 1 saturated carbocycles. The van der Waals surface area contributed by atoms with Crippen LogP contribution in [0.25, 0.3) is 0 Å². The number of likely N-dealkylation sites (tertiary alicyclic amines) is 1. The van der Waals surface area contributed by atoms with Crippen molar-refractivity contribution < 1.29 is 24.2 Å². The van der Waals surface area contributed by atoms with Gasteiger partial charge in [-0.1, -0.05) is 13.0 Å². The zero-order chi connectivity index (χ0) is 21.2. The molecule has 3 rings (SSSR count). The van der Waals surface area contributed by atoms with E-state index in [1.807, 2.05) is 25.1 Å². The molecule has 1 aliphatic heterocycles. The Morgan fingerprint density at radius 2 is 1.97 bits per heavy atom. The van der Waals surface area contributed by atoms with Crippen molar-refractivity contribution in [3.05, 3.63) is 23.8 Å². The van der Waals surface area contributed by atoms with Crippen molar-refractivity contribution in [3.63, 3.8) is 0 Å². The standard InChI is InChI=1S/C22H32N2O5/c1-14(25)22(2)13-24(21(27)20(26)23-3)12-17(22)15-9-10-18(28-4)19(11-15)29-16-7-5-6-8-16/h9-11,14,16-17,25H,5-8,12-13H2,1-4H3,(H,23,26). The van der Waals surface area contributed by atoms with Crippen LogP contribution in [0.1, 0.15) is 51.0 Å². The summed E-state index contributed by atoms with van der Waals surface area (Å²) in [5.74, 6) is 0.0287. The van der Waals surface area contributed by atoms with E-state index in [0.717, 1.165) is 18.4 Å². The normalized spacial score (nSPS) is 25.7. The van der Waals surface area contributed by atoms with Crippen LogP contribution in [0.3, 0.4) is 0 Å². The van der Waals surface area contributed by atoms with Gasteiger partial charge >= 0.3 is 11.8 Å². The van der Waals surface area contributed by atoms with Crippen LogP contribution in [0.2, 0.25) is 0 Å². The average molecular weight is 405 g/mol. The van der Waals surface area contributed by atoms with E-state index in [4.69, 9.17) is 9.47 Å². The van der Waals surface area contributed by atoms with Crippen molar-refractivity contribution >= 4 is 11.8 Å². The summed E-state index contributed by atoms with van der Waals surface area (Å²) in [6.07, 6.45) is 3.96. The van der Waals surface area contributed by atoms with Crippen molar-refractivity contribution in [2.75, 3.05) is 27.2 Å². The molecule has 2 aliphatic rings. The van der Waals surface area contributed by atoms with E-state index in [1.165, 1.54) is 24.8 Å². The SMILES string of the molecule is CNC(=O)C(=O)N1CC(c2ccc(OC)c(OC3CCCC3)c2)C(C)(C(C)O)C1. The monoisotopic (exact) mass is 404 g/mol. The molecule has 3 atom stereocenters. The summed E-state index contributed by atoms with van der Waals surface area (Å²) in [4.78, 5) is 25.8. The van der Waals surface area contributed by atoms with E-state index in [-0.39, 0.29) is 12.0 Å². The second kappa shape index (κ2) is 8.61. The summed E-state index contributed by atoms with van der Waals surface area (Å²) >= 11 is 0. The lowest BCUT2D eigenvalue weighted by Crippen LogP contribution is -2.42. The second-order valence-electron chi connectivity index (χ2n) is 8.43. The molecule has 1 saturated heterocycles. The Bertz CT molecular complexity index is 760. The highest BCUT2D eigenvalue weighted by Gasteiger charge is 2.49. The summed E-state index contributed by atoms with van der Waals surface area (Å²) < 4.78 is 11.7. The van der Waals surface area contributed by atoms with Crippen molar-refractivity contribution in [1.82, 2.24) is 10.2 Å². The first kappa shape index (κ1) is 21.4. The van der Waals surface area contributed by atoms with Gasteiger partial charge < -0.3 is 24.8 Å². The first-order chi connectivity index (χ1) is 13.8. The van der Waals surface area contributed by atoms with Crippen LogP contribution >= 0.6 is 0 Å². The third kappa shape index (κ3) is 4.20. The number of carbonyl (C=O) groups excluding carboxylic acids is 2. The number of hydrogen-bond acceptors (Lipinski definition) is 5. The van der Waals surface area contributed by atoms with Gasteiger partial charge in [0.1, 0.15) is 0 Å². The maximum absolute atomic E-state index is 12.4. The molecule has 2 fully saturated rings. The maximum atomic E-state index is 12.4. The predicted molar refractivity (Wildman–Crippen MR) is 109 cm³/mol. The van der Waals surface area contributed by atoms with Crippen molar-refractivity contribution in [2.45, 2.75) is 57.7 Å². The summed E-state index contributed by atoms with van der Waals surface area (Å²) in [5, 5.41) is 12.9. The van der Waals surface area contributed by atoms with Crippen LogP contribution in [-0.2, 0) is 9.59 Å². The van der Waals surface area contributed by atoms with Gasteiger partial charge in [-0.3, -0.25) is 9.59 Å². The number of likely N-dealkylation sites (N-methyl/N-ethyl adjacent to an activating group) is 1. The minimum absolute atomic E-state index is 0.132. The lowest BCUT2D eigenvalue weighted by molar-refractivity contribution is -0.145. The molecule has 7 nitrogen and oxygen atoms in total. The number of aliphatic hydroxyl groups is 1.